The molecule has 0 amide bonds. The SMILES string of the molecule is C[N+](C)(C)CC(O)CC(F)(F)C(F)(F)F. The van der Waals surface area contributed by atoms with Crippen molar-refractivity contribution in [3.63, 3.8) is 0 Å². The Kier molecular flexibility index (Phi) is 4.09. The van der Waals surface area contributed by atoms with Gasteiger partial charge in [-0.1, -0.05) is 0 Å². The Hall–Kier alpha value is -0.430. The van der Waals surface area contributed by atoms with E-state index in [0.29, 0.717) is 0 Å². The maximum atomic E-state index is 12.5. The second-order valence-electron chi connectivity index (χ2n) is 4.53. The van der Waals surface area contributed by atoms with E-state index in [4.69, 9.17) is 5.11 Å². The van der Waals surface area contributed by atoms with Crippen molar-refractivity contribution in [1.29, 1.82) is 0 Å². The second kappa shape index (κ2) is 4.21. The summed E-state index contributed by atoms with van der Waals surface area (Å²) < 4.78 is 60.3. The molecule has 0 aromatic rings. The first-order valence-corrected chi connectivity index (χ1v) is 4.28. The highest BCUT2D eigenvalue weighted by molar-refractivity contribution is 4.78. The number of aliphatic hydroxyl groups is 1. The van der Waals surface area contributed by atoms with Crippen LogP contribution in [0, 0.1) is 0 Å². The van der Waals surface area contributed by atoms with Gasteiger partial charge in [0, 0.05) is 0 Å². The summed E-state index contributed by atoms with van der Waals surface area (Å²) in [5, 5.41) is 9.09. The lowest BCUT2D eigenvalue weighted by Crippen LogP contribution is -2.46. The molecule has 0 heterocycles. The van der Waals surface area contributed by atoms with Crippen LogP contribution in [0.15, 0.2) is 0 Å². The molecule has 0 spiro atoms. The van der Waals surface area contributed by atoms with E-state index in [-0.39, 0.29) is 11.0 Å². The molecule has 0 aliphatic heterocycles. The van der Waals surface area contributed by atoms with Crippen LogP contribution in [0.25, 0.3) is 0 Å². The Bertz CT molecular complexity index is 208. The summed E-state index contributed by atoms with van der Waals surface area (Å²) >= 11 is 0. The van der Waals surface area contributed by atoms with Gasteiger partial charge in [0.2, 0.25) is 0 Å². The molecule has 1 N–H and O–H groups in total. The van der Waals surface area contributed by atoms with E-state index in [0.717, 1.165) is 0 Å². The van der Waals surface area contributed by atoms with Gasteiger partial charge >= 0.3 is 12.1 Å². The van der Waals surface area contributed by atoms with Crippen LogP contribution in [0.2, 0.25) is 0 Å². The summed E-state index contributed by atoms with van der Waals surface area (Å²) in [7, 11) is 4.78. The van der Waals surface area contributed by atoms with Crippen LogP contribution in [0.4, 0.5) is 22.0 Å². The highest BCUT2D eigenvalue weighted by atomic mass is 19.4. The van der Waals surface area contributed by atoms with Crippen molar-refractivity contribution < 1.29 is 31.5 Å². The van der Waals surface area contributed by atoms with Crippen LogP contribution in [0.5, 0.6) is 0 Å². The zero-order valence-corrected chi connectivity index (χ0v) is 8.78. The molecule has 0 saturated heterocycles. The van der Waals surface area contributed by atoms with Gasteiger partial charge < -0.3 is 9.59 Å². The first-order chi connectivity index (χ1) is 6.35. The third-order valence-electron chi connectivity index (χ3n) is 1.67. The minimum atomic E-state index is -5.60. The molecule has 15 heavy (non-hydrogen) atoms. The first-order valence-electron chi connectivity index (χ1n) is 4.28. The van der Waals surface area contributed by atoms with Crippen LogP contribution < -0.4 is 0 Å². The molecule has 0 bridgehead atoms. The zero-order chi connectivity index (χ0) is 12.5. The van der Waals surface area contributed by atoms with Crippen LogP contribution in [-0.4, -0.2) is 55.5 Å². The lowest BCUT2D eigenvalue weighted by atomic mass is 10.1. The normalized spacial score (nSPS) is 16.6. The highest BCUT2D eigenvalue weighted by Crippen LogP contribution is 2.38. The third-order valence-corrected chi connectivity index (χ3v) is 1.67. The average molecular weight is 236 g/mol. The van der Waals surface area contributed by atoms with E-state index in [1.54, 1.807) is 21.1 Å². The quantitative estimate of drug-likeness (QED) is 0.581. The molecule has 92 valence electrons. The summed E-state index contributed by atoms with van der Waals surface area (Å²) in [5.74, 6) is -4.83. The molecule has 0 aromatic carbocycles. The fourth-order valence-corrected chi connectivity index (χ4v) is 1.11. The second-order valence-corrected chi connectivity index (χ2v) is 4.53. The number of halogens is 5. The van der Waals surface area contributed by atoms with Gasteiger partial charge in [0.05, 0.1) is 27.6 Å². The van der Waals surface area contributed by atoms with Crippen LogP contribution in [-0.2, 0) is 0 Å². The summed E-state index contributed by atoms with van der Waals surface area (Å²) in [6.07, 6.45) is -8.87. The van der Waals surface area contributed by atoms with Crippen LogP contribution >= 0.6 is 0 Å². The van der Waals surface area contributed by atoms with Crippen molar-refractivity contribution in [2.24, 2.45) is 0 Å². The van der Waals surface area contributed by atoms with Gasteiger partial charge in [-0.05, 0) is 0 Å². The van der Waals surface area contributed by atoms with Crippen LogP contribution in [0.1, 0.15) is 6.42 Å². The van der Waals surface area contributed by atoms with E-state index >= 15 is 0 Å². The Morgan fingerprint density at radius 2 is 1.47 bits per heavy atom. The van der Waals surface area contributed by atoms with Crippen molar-refractivity contribution in [3.05, 3.63) is 0 Å². The minimum absolute atomic E-state index is 0.120. The molecule has 1 atom stereocenters. The van der Waals surface area contributed by atoms with Gasteiger partial charge in [0.1, 0.15) is 12.6 Å². The number of hydrogen-bond donors (Lipinski definition) is 1. The Morgan fingerprint density at radius 3 is 1.73 bits per heavy atom. The van der Waals surface area contributed by atoms with E-state index in [1.165, 1.54) is 0 Å². The highest BCUT2D eigenvalue weighted by Gasteiger charge is 2.58. The number of nitrogens with zero attached hydrogens (tertiary/aromatic N) is 1. The van der Waals surface area contributed by atoms with Crippen molar-refractivity contribution in [3.8, 4) is 0 Å². The largest absolute Gasteiger partial charge is 0.453 e. The lowest BCUT2D eigenvalue weighted by molar-refractivity contribution is -0.873. The monoisotopic (exact) mass is 236 g/mol. The van der Waals surface area contributed by atoms with Gasteiger partial charge in [-0.25, -0.2) is 0 Å². The smallest absolute Gasteiger partial charge is 0.387 e. The van der Waals surface area contributed by atoms with E-state index in [2.05, 4.69) is 0 Å². The predicted octanol–water partition coefficient (Wildman–Crippen LogP) is 1.64. The number of hydrogen-bond acceptors (Lipinski definition) is 1. The molecule has 0 radical (unpaired) electrons. The summed E-state index contributed by atoms with van der Waals surface area (Å²) in [5.41, 5.74) is 0. The zero-order valence-electron chi connectivity index (χ0n) is 8.78. The molecule has 2 nitrogen and oxygen atoms in total. The molecule has 0 aliphatic carbocycles. The van der Waals surface area contributed by atoms with Crippen LogP contribution in [0.3, 0.4) is 0 Å². The lowest BCUT2D eigenvalue weighted by Gasteiger charge is -2.29. The number of aliphatic hydroxyl groups excluding tert-OH is 1. The Labute approximate surface area is 84.9 Å². The molecular weight excluding hydrogens is 221 g/mol. The van der Waals surface area contributed by atoms with Gasteiger partial charge in [0.15, 0.2) is 0 Å². The van der Waals surface area contributed by atoms with Gasteiger partial charge in [0.25, 0.3) is 0 Å². The molecule has 0 fully saturated rings. The fraction of sp³-hybridized carbons (Fsp3) is 1.00. The van der Waals surface area contributed by atoms with Gasteiger partial charge in [-0.3, -0.25) is 0 Å². The van der Waals surface area contributed by atoms with Gasteiger partial charge in [-0.2, -0.15) is 22.0 Å². The molecule has 7 heteroatoms. The third kappa shape index (κ3) is 5.27. The average Bonchev–Trinajstić information content (AvgIpc) is 1.75. The van der Waals surface area contributed by atoms with E-state index in [1.807, 2.05) is 0 Å². The van der Waals surface area contributed by atoms with Gasteiger partial charge in [-0.15, -0.1) is 0 Å². The standard InChI is InChI=1S/C8H15F5NO/c1-14(2,3)5-6(15)4-7(9,10)8(11,12)13/h6,15H,4-5H2,1-3H3/q+1. The van der Waals surface area contributed by atoms with Crippen molar-refractivity contribution >= 4 is 0 Å². The molecular formula is C8H15F5NO+. The molecule has 1 unspecified atom stereocenters. The maximum Gasteiger partial charge on any atom is 0.453 e. The van der Waals surface area contributed by atoms with Crippen molar-refractivity contribution in [2.45, 2.75) is 24.6 Å². The summed E-state index contributed by atoms with van der Waals surface area (Å²) in [6, 6.07) is 0. The molecule has 0 aromatic heterocycles. The number of likely N-dealkylation sites (N-methyl/N-ethyl adjacent to an activating group) is 1. The predicted molar refractivity (Wildman–Crippen MR) is 44.5 cm³/mol. The Balaban J connectivity index is 4.36. The molecule has 0 aliphatic rings. The number of quaternary nitrogens is 1. The molecule has 0 saturated carbocycles. The van der Waals surface area contributed by atoms with Crippen molar-refractivity contribution in [2.75, 3.05) is 27.7 Å². The minimum Gasteiger partial charge on any atom is -0.387 e. The first kappa shape index (κ1) is 14.6. The topological polar surface area (TPSA) is 20.2 Å². The van der Waals surface area contributed by atoms with E-state index < -0.39 is 24.6 Å². The maximum absolute atomic E-state index is 12.5. The number of rotatable bonds is 4. The fourth-order valence-electron chi connectivity index (χ4n) is 1.11. The molecule has 0 rings (SSSR count). The summed E-state index contributed by atoms with van der Waals surface area (Å²) in [4.78, 5) is 0. The summed E-state index contributed by atoms with van der Waals surface area (Å²) in [6.45, 7) is -0.161. The number of alkyl halides is 5. The van der Waals surface area contributed by atoms with E-state index in [9.17, 15) is 22.0 Å². The van der Waals surface area contributed by atoms with Crippen molar-refractivity contribution in [1.82, 2.24) is 0 Å². The Morgan fingerprint density at radius 1 is 1.07 bits per heavy atom.